The number of aldehydes is 1. The molecule has 0 aliphatic rings. The molecule has 0 amide bonds. The summed E-state index contributed by atoms with van der Waals surface area (Å²) < 4.78 is 9.40. The monoisotopic (exact) mass is 208 g/mol. The van der Waals surface area contributed by atoms with Gasteiger partial charge >= 0.3 is 0 Å². The van der Waals surface area contributed by atoms with Gasteiger partial charge in [-0.15, -0.1) is 0 Å². The number of carbonyl (C=O) groups is 1. The maximum Gasteiger partial charge on any atom is 0.151 e. The molecule has 0 heterocycles. The third kappa shape index (κ3) is 3.32. The van der Waals surface area contributed by atoms with Crippen LogP contribution < -0.4 is 0 Å². The first kappa shape index (κ1) is 13.5. The number of hydrogen-bond acceptors (Lipinski definition) is 6. The SMILES string of the molecule is CO[C@H]([C@H](O)[C@H](C=O)OC)[C@H](O)CO. The Kier molecular flexibility index (Phi) is 6.60. The summed E-state index contributed by atoms with van der Waals surface area (Å²) in [6, 6.07) is 0. The van der Waals surface area contributed by atoms with E-state index in [0.29, 0.717) is 6.29 Å². The van der Waals surface area contributed by atoms with Crippen molar-refractivity contribution in [3.05, 3.63) is 0 Å². The molecular weight excluding hydrogens is 192 g/mol. The van der Waals surface area contributed by atoms with Crippen molar-refractivity contribution in [3.63, 3.8) is 0 Å². The van der Waals surface area contributed by atoms with E-state index in [2.05, 4.69) is 4.74 Å². The van der Waals surface area contributed by atoms with Crippen LogP contribution in [0.4, 0.5) is 0 Å². The highest BCUT2D eigenvalue weighted by molar-refractivity contribution is 5.57. The van der Waals surface area contributed by atoms with Crippen LogP contribution in [0.2, 0.25) is 0 Å². The molecule has 0 fully saturated rings. The van der Waals surface area contributed by atoms with Gasteiger partial charge in [0.2, 0.25) is 0 Å². The standard InChI is InChI=1S/C8H16O6/c1-13-6(4-10)7(12)8(14-2)5(11)3-9/h4-9,11-12H,3H2,1-2H3/t5-,6+,7-,8+/m1/s1. The normalized spacial score (nSPS) is 19.8. The van der Waals surface area contributed by atoms with Crippen molar-refractivity contribution in [1.82, 2.24) is 0 Å². The number of hydrogen-bond donors (Lipinski definition) is 3. The lowest BCUT2D eigenvalue weighted by molar-refractivity contribution is -0.147. The van der Waals surface area contributed by atoms with E-state index in [1.54, 1.807) is 0 Å². The van der Waals surface area contributed by atoms with Crippen LogP contribution in [0.5, 0.6) is 0 Å². The van der Waals surface area contributed by atoms with Crippen LogP contribution >= 0.6 is 0 Å². The third-order valence-electron chi connectivity index (χ3n) is 1.92. The van der Waals surface area contributed by atoms with Crippen molar-refractivity contribution in [2.45, 2.75) is 24.4 Å². The van der Waals surface area contributed by atoms with Crippen LogP contribution in [-0.4, -0.2) is 66.8 Å². The van der Waals surface area contributed by atoms with Crippen LogP contribution in [0.1, 0.15) is 0 Å². The third-order valence-corrected chi connectivity index (χ3v) is 1.92. The average Bonchev–Trinajstić information content (AvgIpc) is 2.20. The summed E-state index contributed by atoms with van der Waals surface area (Å²) in [6.07, 6.45) is -4.31. The Balaban J connectivity index is 4.42. The molecule has 84 valence electrons. The Labute approximate surface area is 82.1 Å². The topological polar surface area (TPSA) is 96.2 Å². The second-order valence-electron chi connectivity index (χ2n) is 2.78. The van der Waals surface area contributed by atoms with Crippen LogP contribution in [0.15, 0.2) is 0 Å². The van der Waals surface area contributed by atoms with Crippen molar-refractivity contribution < 1.29 is 29.6 Å². The molecule has 0 aromatic rings. The molecule has 0 rings (SSSR count). The molecule has 0 aromatic carbocycles. The van der Waals surface area contributed by atoms with E-state index < -0.39 is 31.0 Å². The van der Waals surface area contributed by atoms with E-state index >= 15 is 0 Å². The molecule has 3 N–H and O–H groups in total. The first-order valence-electron chi connectivity index (χ1n) is 4.10. The van der Waals surface area contributed by atoms with Gasteiger partial charge in [0.05, 0.1) is 6.61 Å². The predicted octanol–water partition coefficient (Wildman–Crippen LogP) is -2.07. The van der Waals surface area contributed by atoms with Gasteiger partial charge in [-0.25, -0.2) is 0 Å². The average molecular weight is 208 g/mol. The summed E-state index contributed by atoms with van der Waals surface area (Å²) in [5.41, 5.74) is 0. The molecule has 0 radical (unpaired) electrons. The zero-order chi connectivity index (χ0) is 11.1. The molecule has 0 spiro atoms. The van der Waals surface area contributed by atoms with Gasteiger partial charge in [0, 0.05) is 14.2 Å². The molecule has 0 aliphatic heterocycles. The fourth-order valence-electron chi connectivity index (χ4n) is 1.09. The molecule has 4 atom stereocenters. The summed E-state index contributed by atoms with van der Waals surface area (Å²) in [4.78, 5) is 10.4. The summed E-state index contributed by atoms with van der Waals surface area (Å²) in [5.74, 6) is 0. The smallest absolute Gasteiger partial charge is 0.151 e. The number of methoxy groups -OCH3 is 2. The van der Waals surface area contributed by atoms with Crippen molar-refractivity contribution in [2.75, 3.05) is 20.8 Å². The number of rotatable bonds is 7. The highest BCUT2D eigenvalue weighted by Crippen LogP contribution is 2.09. The van der Waals surface area contributed by atoms with Gasteiger partial charge < -0.3 is 29.6 Å². The van der Waals surface area contributed by atoms with Crippen molar-refractivity contribution in [3.8, 4) is 0 Å². The van der Waals surface area contributed by atoms with E-state index in [1.165, 1.54) is 14.2 Å². The van der Waals surface area contributed by atoms with E-state index in [-0.39, 0.29) is 0 Å². The number of aliphatic hydroxyl groups is 3. The Morgan fingerprint density at radius 1 is 1.29 bits per heavy atom. The fraction of sp³-hybridized carbons (Fsp3) is 0.875. The molecule has 14 heavy (non-hydrogen) atoms. The van der Waals surface area contributed by atoms with Gasteiger partial charge in [-0.2, -0.15) is 0 Å². The van der Waals surface area contributed by atoms with E-state index in [1.807, 2.05) is 0 Å². The van der Waals surface area contributed by atoms with E-state index in [9.17, 15) is 15.0 Å². The summed E-state index contributed by atoms with van der Waals surface area (Å²) in [6.45, 7) is -0.565. The molecule has 0 saturated heterocycles. The quantitative estimate of drug-likeness (QED) is 0.416. The second kappa shape index (κ2) is 6.86. The van der Waals surface area contributed by atoms with Gasteiger partial charge in [-0.3, -0.25) is 0 Å². The molecular formula is C8H16O6. The Bertz CT molecular complexity index is 162. The van der Waals surface area contributed by atoms with Crippen molar-refractivity contribution in [1.29, 1.82) is 0 Å². The van der Waals surface area contributed by atoms with Gasteiger partial charge in [-0.05, 0) is 0 Å². The predicted molar refractivity (Wildman–Crippen MR) is 46.8 cm³/mol. The number of ether oxygens (including phenoxy) is 2. The highest BCUT2D eigenvalue weighted by Gasteiger charge is 2.32. The van der Waals surface area contributed by atoms with Crippen LogP contribution in [-0.2, 0) is 14.3 Å². The van der Waals surface area contributed by atoms with Crippen molar-refractivity contribution >= 4 is 6.29 Å². The lowest BCUT2D eigenvalue weighted by Crippen LogP contribution is -2.48. The van der Waals surface area contributed by atoms with Gasteiger partial charge in [0.25, 0.3) is 0 Å². The van der Waals surface area contributed by atoms with Crippen LogP contribution in [0.3, 0.4) is 0 Å². The summed E-state index contributed by atoms with van der Waals surface area (Å²) >= 11 is 0. The lowest BCUT2D eigenvalue weighted by Gasteiger charge is -2.27. The van der Waals surface area contributed by atoms with Gasteiger partial charge in [0.1, 0.15) is 24.4 Å². The molecule has 0 saturated carbocycles. The minimum Gasteiger partial charge on any atom is -0.394 e. The number of aliphatic hydroxyl groups excluding tert-OH is 3. The highest BCUT2D eigenvalue weighted by atomic mass is 16.5. The van der Waals surface area contributed by atoms with Gasteiger partial charge in [0.15, 0.2) is 6.29 Å². The zero-order valence-electron chi connectivity index (χ0n) is 8.16. The summed E-state index contributed by atoms with van der Waals surface area (Å²) in [5, 5.41) is 27.4. The molecule has 6 nitrogen and oxygen atoms in total. The van der Waals surface area contributed by atoms with Crippen LogP contribution in [0, 0.1) is 0 Å². The number of carbonyl (C=O) groups excluding carboxylic acids is 1. The Hall–Kier alpha value is -0.530. The molecule has 0 aliphatic carbocycles. The minimum absolute atomic E-state index is 0.404. The largest absolute Gasteiger partial charge is 0.394 e. The maximum atomic E-state index is 10.4. The summed E-state index contributed by atoms with van der Waals surface area (Å²) in [7, 11) is 2.50. The Morgan fingerprint density at radius 3 is 2.14 bits per heavy atom. The maximum absolute atomic E-state index is 10.4. The molecule has 0 bridgehead atoms. The first-order valence-corrected chi connectivity index (χ1v) is 4.10. The lowest BCUT2D eigenvalue weighted by atomic mass is 10.0. The first-order chi connectivity index (χ1) is 6.62. The molecule has 0 aromatic heterocycles. The fourth-order valence-corrected chi connectivity index (χ4v) is 1.09. The van der Waals surface area contributed by atoms with Gasteiger partial charge in [-0.1, -0.05) is 0 Å². The zero-order valence-corrected chi connectivity index (χ0v) is 8.16. The van der Waals surface area contributed by atoms with E-state index in [0.717, 1.165) is 0 Å². The Morgan fingerprint density at radius 2 is 1.86 bits per heavy atom. The van der Waals surface area contributed by atoms with Crippen molar-refractivity contribution in [2.24, 2.45) is 0 Å². The second-order valence-corrected chi connectivity index (χ2v) is 2.78. The molecule has 0 unspecified atom stereocenters. The molecule has 6 heteroatoms. The van der Waals surface area contributed by atoms with E-state index in [4.69, 9.17) is 9.84 Å². The van der Waals surface area contributed by atoms with Crippen LogP contribution in [0.25, 0.3) is 0 Å². The minimum atomic E-state index is -1.32.